The second-order valence-corrected chi connectivity index (χ2v) is 5.85. The van der Waals surface area contributed by atoms with Crippen LogP contribution in [-0.2, 0) is 15.7 Å². The molecular weight excluding hydrogens is 385 g/mol. The van der Waals surface area contributed by atoms with Gasteiger partial charge in [0.15, 0.2) is 6.10 Å². The number of amides is 1. The molecule has 0 aliphatic heterocycles. The van der Waals surface area contributed by atoms with Crippen molar-refractivity contribution in [1.29, 1.82) is 5.26 Å². The number of nitriles is 1. The van der Waals surface area contributed by atoms with Crippen molar-refractivity contribution in [2.24, 2.45) is 0 Å². The van der Waals surface area contributed by atoms with E-state index in [0.29, 0.717) is 11.6 Å². The molecule has 27 heavy (non-hydrogen) atoms. The molecular formula is C18H12ClF3N2O3. The van der Waals surface area contributed by atoms with Crippen molar-refractivity contribution in [3.63, 3.8) is 0 Å². The number of nitrogens with one attached hydrogen (secondary N) is 1. The van der Waals surface area contributed by atoms with E-state index in [9.17, 15) is 22.8 Å². The lowest BCUT2D eigenvalue weighted by Gasteiger charge is -2.17. The minimum Gasteiger partial charge on any atom is -0.449 e. The van der Waals surface area contributed by atoms with Gasteiger partial charge in [-0.2, -0.15) is 18.4 Å². The number of rotatable bonds is 4. The first-order valence-electron chi connectivity index (χ1n) is 7.50. The van der Waals surface area contributed by atoms with Gasteiger partial charge in [-0.1, -0.05) is 11.6 Å². The number of alkyl halides is 3. The molecule has 9 heteroatoms. The summed E-state index contributed by atoms with van der Waals surface area (Å²) in [5.74, 6) is -1.79. The van der Waals surface area contributed by atoms with Gasteiger partial charge >= 0.3 is 12.1 Å². The minimum atomic E-state index is -4.73. The fraction of sp³-hybridized carbons (Fsp3) is 0.167. The molecule has 140 valence electrons. The number of carbonyl (C=O) groups is 2. The quantitative estimate of drug-likeness (QED) is 0.776. The van der Waals surface area contributed by atoms with Crippen molar-refractivity contribution in [3.8, 4) is 6.07 Å². The van der Waals surface area contributed by atoms with Gasteiger partial charge in [0.25, 0.3) is 5.91 Å². The number of esters is 1. The Morgan fingerprint density at radius 3 is 2.37 bits per heavy atom. The molecule has 0 aromatic heterocycles. The van der Waals surface area contributed by atoms with Crippen LogP contribution in [0.25, 0.3) is 0 Å². The summed E-state index contributed by atoms with van der Waals surface area (Å²) in [6, 6.07) is 10.2. The summed E-state index contributed by atoms with van der Waals surface area (Å²) in [5.41, 5.74) is -1.19. The Labute approximate surface area is 157 Å². The number of benzene rings is 2. The molecule has 5 nitrogen and oxygen atoms in total. The van der Waals surface area contributed by atoms with Crippen LogP contribution >= 0.6 is 11.6 Å². The van der Waals surface area contributed by atoms with Gasteiger partial charge in [-0.05, 0) is 49.4 Å². The highest BCUT2D eigenvalue weighted by atomic mass is 35.5. The smallest absolute Gasteiger partial charge is 0.418 e. The number of halogens is 4. The van der Waals surface area contributed by atoms with Crippen LogP contribution < -0.4 is 5.32 Å². The van der Waals surface area contributed by atoms with Gasteiger partial charge in [-0.15, -0.1) is 0 Å². The molecule has 2 rings (SSSR count). The first-order chi connectivity index (χ1) is 12.6. The van der Waals surface area contributed by atoms with Crippen LogP contribution in [0.2, 0.25) is 5.02 Å². The Morgan fingerprint density at radius 2 is 1.81 bits per heavy atom. The number of ether oxygens (including phenoxy) is 1. The van der Waals surface area contributed by atoms with Crippen molar-refractivity contribution in [2.75, 3.05) is 5.32 Å². The number of nitrogens with zero attached hydrogens (tertiary/aromatic N) is 1. The van der Waals surface area contributed by atoms with Crippen LogP contribution in [-0.4, -0.2) is 18.0 Å². The molecule has 0 aliphatic rings. The third-order valence-electron chi connectivity index (χ3n) is 3.45. The number of carbonyl (C=O) groups excluding carboxylic acids is 2. The molecule has 1 N–H and O–H groups in total. The van der Waals surface area contributed by atoms with Crippen LogP contribution in [0, 0.1) is 11.3 Å². The predicted octanol–water partition coefficient (Wildman–Crippen LogP) is 4.41. The molecule has 1 unspecified atom stereocenters. The molecule has 0 heterocycles. The zero-order chi connectivity index (χ0) is 20.2. The molecule has 0 saturated heterocycles. The molecule has 1 atom stereocenters. The van der Waals surface area contributed by atoms with Crippen LogP contribution in [0.4, 0.5) is 18.9 Å². The third kappa shape index (κ3) is 5.21. The lowest BCUT2D eigenvalue weighted by atomic mass is 10.1. The highest BCUT2D eigenvalue weighted by molar-refractivity contribution is 6.30. The summed E-state index contributed by atoms with van der Waals surface area (Å²) in [6.07, 6.45) is -6.08. The van der Waals surface area contributed by atoms with E-state index in [0.717, 1.165) is 6.07 Å². The van der Waals surface area contributed by atoms with E-state index in [1.165, 1.54) is 37.3 Å². The van der Waals surface area contributed by atoms with Gasteiger partial charge in [-0.3, -0.25) is 4.79 Å². The summed E-state index contributed by atoms with van der Waals surface area (Å²) in [5, 5.41) is 10.7. The van der Waals surface area contributed by atoms with Crippen LogP contribution in [0.1, 0.15) is 28.4 Å². The molecule has 0 spiro atoms. The van der Waals surface area contributed by atoms with Gasteiger partial charge < -0.3 is 10.1 Å². The summed E-state index contributed by atoms with van der Waals surface area (Å²) in [4.78, 5) is 24.1. The van der Waals surface area contributed by atoms with E-state index in [4.69, 9.17) is 21.6 Å². The van der Waals surface area contributed by atoms with Crippen molar-refractivity contribution in [3.05, 3.63) is 64.2 Å². The Bertz CT molecular complexity index is 906. The number of hydrogen-bond acceptors (Lipinski definition) is 4. The summed E-state index contributed by atoms with van der Waals surface area (Å²) < 4.78 is 44.1. The predicted molar refractivity (Wildman–Crippen MR) is 91.1 cm³/mol. The molecule has 2 aromatic carbocycles. The Balaban J connectivity index is 2.10. The lowest BCUT2D eigenvalue weighted by Crippen LogP contribution is -2.30. The maximum atomic E-state index is 13.1. The second kappa shape index (κ2) is 8.10. The van der Waals surface area contributed by atoms with E-state index in [-0.39, 0.29) is 10.6 Å². The Morgan fingerprint density at radius 1 is 1.19 bits per heavy atom. The van der Waals surface area contributed by atoms with E-state index in [2.05, 4.69) is 5.32 Å². The second-order valence-electron chi connectivity index (χ2n) is 5.41. The highest BCUT2D eigenvalue weighted by Crippen LogP contribution is 2.36. The standard InChI is InChI=1S/C18H12ClF3N2O3/c1-10(27-17(26)12-4-2-11(9-23)3-5-12)16(25)24-15-7-6-13(19)8-14(15)18(20,21)22/h2-8,10H,1H3,(H,24,25). The van der Waals surface area contributed by atoms with E-state index >= 15 is 0 Å². The van der Waals surface area contributed by atoms with Crippen LogP contribution in [0.15, 0.2) is 42.5 Å². The Kier molecular flexibility index (Phi) is 6.08. The average molecular weight is 397 g/mol. The molecule has 0 bridgehead atoms. The largest absolute Gasteiger partial charge is 0.449 e. The normalized spacial score (nSPS) is 12.0. The van der Waals surface area contributed by atoms with Crippen molar-refractivity contribution < 1.29 is 27.5 Å². The summed E-state index contributed by atoms with van der Waals surface area (Å²) in [6.45, 7) is 1.22. The Hall–Kier alpha value is -3.05. The van der Waals surface area contributed by atoms with Gasteiger partial charge in [0, 0.05) is 5.02 Å². The fourth-order valence-electron chi connectivity index (χ4n) is 2.06. The molecule has 1 amide bonds. The van der Waals surface area contributed by atoms with Crippen molar-refractivity contribution in [1.82, 2.24) is 0 Å². The van der Waals surface area contributed by atoms with Gasteiger partial charge in [0.2, 0.25) is 0 Å². The van der Waals surface area contributed by atoms with Crippen LogP contribution in [0.3, 0.4) is 0 Å². The van der Waals surface area contributed by atoms with Gasteiger partial charge in [-0.25, -0.2) is 4.79 Å². The number of hydrogen-bond donors (Lipinski definition) is 1. The number of anilines is 1. The molecule has 0 aliphatic carbocycles. The van der Waals surface area contributed by atoms with Crippen molar-refractivity contribution in [2.45, 2.75) is 19.2 Å². The topological polar surface area (TPSA) is 79.2 Å². The van der Waals surface area contributed by atoms with Crippen molar-refractivity contribution >= 4 is 29.2 Å². The molecule has 0 radical (unpaired) electrons. The first-order valence-corrected chi connectivity index (χ1v) is 7.88. The highest BCUT2D eigenvalue weighted by Gasteiger charge is 2.34. The molecule has 2 aromatic rings. The van der Waals surface area contributed by atoms with E-state index < -0.39 is 35.4 Å². The van der Waals surface area contributed by atoms with E-state index in [1.807, 2.05) is 6.07 Å². The lowest BCUT2D eigenvalue weighted by molar-refractivity contribution is -0.137. The van der Waals surface area contributed by atoms with Crippen LogP contribution in [0.5, 0.6) is 0 Å². The zero-order valence-corrected chi connectivity index (χ0v) is 14.6. The minimum absolute atomic E-state index is 0.0936. The van der Waals surface area contributed by atoms with Gasteiger partial charge in [0.05, 0.1) is 28.4 Å². The summed E-state index contributed by atoms with van der Waals surface area (Å²) in [7, 11) is 0. The maximum absolute atomic E-state index is 13.1. The molecule has 0 fully saturated rings. The SMILES string of the molecule is CC(OC(=O)c1ccc(C#N)cc1)C(=O)Nc1ccc(Cl)cc1C(F)(F)F. The maximum Gasteiger partial charge on any atom is 0.418 e. The molecule has 0 saturated carbocycles. The summed E-state index contributed by atoms with van der Waals surface area (Å²) >= 11 is 5.58. The third-order valence-corrected chi connectivity index (χ3v) is 3.68. The monoisotopic (exact) mass is 396 g/mol. The van der Waals surface area contributed by atoms with Gasteiger partial charge in [0.1, 0.15) is 0 Å². The first kappa shape index (κ1) is 20.3. The fourth-order valence-corrected chi connectivity index (χ4v) is 2.23. The van der Waals surface area contributed by atoms with E-state index in [1.54, 1.807) is 0 Å². The average Bonchev–Trinajstić information content (AvgIpc) is 2.62. The zero-order valence-electron chi connectivity index (χ0n) is 13.8.